The minimum Gasteiger partial charge on any atom is -0.444 e. The van der Waals surface area contributed by atoms with Gasteiger partial charge in [0, 0.05) is 24.4 Å². The molecule has 1 amide bonds. The molecule has 0 bridgehead atoms. The number of thiazole rings is 1. The lowest BCUT2D eigenvalue weighted by Gasteiger charge is -2.32. The van der Waals surface area contributed by atoms with Crippen LogP contribution in [0.5, 0.6) is 0 Å². The molecular formula is C13H19BrN2O2S. The van der Waals surface area contributed by atoms with E-state index in [0.29, 0.717) is 5.92 Å². The molecule has 4 nitrogen and oxygen atoms in total. The smallest absolute Gasteiger partial charge is 0.410 e. The number of ether oxygens (including phenoxy) is 1. The highest BCUT2D eigenvalue weighted by Crippen LogP contribution is 2.31. The van der Waals surface area contributed by atoms with Gasteiger partial charge in [0.1, 0.15) is 10.2 Å². The number of amides is 1. The normalized spacial score (nSPS) is 17.6. The Morgan fingerprint density at radius 1 is 1.47 bits per heavy atom. The zero-order chi connectivity index (χ0) is 14.0. The third kappa shape index (κ3) is 4.18. The van der Waals surface area contributed by atoms with Crippen LogP contribution in [0, 0.1) is 0 Å². The first-order valence-electron chi connectivity index (χ1n) is 6.44. The number of rotatable bonds is 1. The quantitative estimate of drug-likeness (QED) is 0.771. The summed E-state index contributed by atoms with van der Waals surface area (Å²) in [6.07, 6.45) is 1.71. The zero-order valence-electron chi connectivity index (χ0n) is 11.5. The molecule has 1 saturated heterocycles. The molecule has 0 N–H and O–H groups in total. The van der Waals surface area contributed by atoms with Gasteiger partial charge in [-0.1, -0.05) is 0 Å². The molecule has 106 valence electrons. The number of halogens is 1. The van der Waals surface area contributed by atoms with Gasteiger partial charge in [0.05, 0.1) is 5.01 Å². The molecule has 2 heterocycles. The molecule has 0 spiro atoms. The van der Waals surface area contributed by atoms with Crippen LogP contribution >= 0.6 is 27.3 Å². The van der Waals surface area contributed by atoms with Gasteiger partial charge in [0.25, 0.3) is 0 Å². The molecule has 0 radical (unpaired) electrons. The summed E-state index contributed by atoms with van der Waals surface area (Å²) in [6.45, 7) is 7.17. The number of piperidine rings is 1. The highest BCUT2D eigenvalue weighted by Gasteiger charge is 2.28. The van der Waals surface area contributed by atoms with Crippen LogP contribution in [0.2, 0.25) is 0 Å². The van der Waals surface area contributed by atoms with E-state index in [9.17, 15) is 4.79 Å². The highest BCUT2D eigenvalue weighted by atomic mass is 79.9. The number of aromatic nitrogens is 1. The predicted molar refractivity (Wildman–Crippen MR) is 79.6 cm³/mol. The SMILES string of the molecule is CC(C)(C)OC(=O)N1CCC(c2nc(Br)cs2)CC1. The van der Waals surface area contributed by atoms with Crippen LogP contribution in [-0.4, -0.2) is 34.7 Å². The van der Waals surface area contributed by atoms with Crippen LogP contribution in [0.3, 0.4) is 0 Å². The van der Waals surface area contributed by atoms with Crippen LogP contribution in [0.1, 0.15) is 44.5 Å². The van der Waals surface area contributed by atoms with Gasteiger partial charge in [0.2, 0.25) is 0 Å². The lowest BCUT2D eigenvalue weighted by Crippen LogP contribution is -2.41. The average molecular weight is 347 g/mol. The Bertz CT molecular complexity index is 448. The van der Waals surface area contributed by atoms with Crippen molar-refractivity contribution in [2.24, 2.45) is 0 Å². The van der Waals surface area contributed by atoms with E-state index in [4.69, 9.17) is 4.74 Å². The monoisotopic (exact) mass is 346 g/mol. The molecule has 2 rings (SSSR count). The van der Waals surface area contributed by atoms with Crippen molar-refractivity contribution in [1.29, 1.82) is 0 Å². The maximum Gasteiger partial charge on any atom is 0.410 e. The molecule has 1 aromatic heterocycles. The first-order chi connectivity index (χ1) is 8.85. The number of carbonyl (C=O) groups is 1. The van der Waals surface area contributed by atoms with Crippen LogP contribution in [0.4, 0.5) is 4.79 Å². The Labute approximate surface area is 126 Å². The summed E-state index contributed by atoms with van der Waals surface area (Å²) >= 11 is 5.06. The first kappa shape index (κ1) is 14.8. The van der Waals surface area contributed by atoms with Gasteiger partial charge in [0.15, 0.2) is 0 Å². The molecule has 0 aliphatic carbocycles. The fourth-order valence-electron chi connectivity index (χ4n) is 2.09. The molecule has 0 aromatic carbocycles. The van der Waals surface area contributed by atoms with E-state index in [1.165, 1.54) is 0 Å². The zero-order valence-corrected chi connectivity index (χ0v) is 13.9. The standard InChI is InChI=1S/C13H19BrN2O2S/c1-13(2,3)18-12(17)16-6-4-9(5-7-16)11-15-10(14)8-19-11/h8-9H,4-7H2,1-3H3. The summed E-state index contributed by atoms with van der Waals surface area (Å²) in [5.74, 6) is 0.468. The van der Waals surface area contributed by atoms with E-state index < -0.39 is 5.60 Å². The fraction of sp³-hybridized carbons (Fsp3) is 0.692. The van der Waals surface area contributed by atoms with Gasteiger partial charge >= 0.3 is 6.09 Å². The summed E-state index contributed by atoms with van der Waals surface area (Å²) in [4.78, 5) is 18.2. The van der Waals surface area contributed by atoms with Crippen molar-refractivity contribution >= 4 is 33.4 Å². The molecule has 0 saturated carbocycles. The van der Waals surface area contributed by atoms with Crippen molar-refractivity contribution in [3.05, 3.63) is 15.0 Å². The van der Waals surface area contributed by atoms with E-state index in [-0.39, 0.29) is 6.09 Å². The second kappa shape index (κ2) is 5.79. The lowest BCUT2D eigenvalue weighted by atomic mass is 9.98. The molecule has 1 aromatic rings. The maximum absolute atomic E-state index is 11.9. The summed E-state index contributed by atoms with van der Waals surface area (Å²) < 4.78 is 6.29. The Kier molecular flexibility index (Phi) is 4.50. The number of nitrogens with zero attached hydrogens (tertiary/aromatic N) is 2. The molecule has 0 atom stereocenters. The van der Waals surface area contributed by atoms with Crippen LogP contribution in [0.15, 0.2) is 9.98 Å². The van der Waals surface area contributed by atoms with Gasteiger partial charge in [-0.05, 0) is 49.5 Å². The Balaban J connectivity index is 1.87. The number of likely N-dealkylation sites (tertiary alicyclic amines) is 1. The summed E-state index contributed by atoms with van der Waals surface area (Å²) in [5, 5.41) is 3.17. The van der Waals surface area contributed by atoms with Crippen molar-refractivity contribution in [3.63, 3.8) is 0 Å². The van der Waals surface area contributed by atoms with E-state index >= 15 is 0 Å². The van der Waals surface area contributed by atoms with Gasteiger partial charge in [-0.2, -0.15) is 0 Å². The van der Waals surface area contributed by atoms with Crippen molar-refractivity contribution in [3.8, 4) is 0 Å². The van der Waals surface area contributed by atoms with Crippen LogP contribution < -0.4 is 0 Å². The van der Waals surface area contributed by atoms with Crippen molar-refractivity contribution in [2.45, 2.75) is 45.1 Å². The highest BCUT2D eigenvalue weighted by molar-refractivity contribution is 9.10. The Morgan fingerprint density at radius 2 is 2.11 bits per heavy atom. The maximum atomic E-state index is 11.9. The molecule has 1 aliphatic rings. The third-order valence-electron chi connectivity index (χ3n) is 2.99. The lowest BCUT2D eigenvalue weighted by molar-refractivity contribution is 0.0205. The Morgan fingerprint density at radius 3 is 2.58 bits per heavy atom. The molecule has 6 heteroatoms. The molecule has 19 heavy (non-hydrogen) atoms. The third-order valence-corrected chi connectivity index (χ3v) is 4.71. The number of hydrogen-bond acceptors (Lipinski definition) is 4. The van der Waals surface area contributed by atoms with Crippen LogP contribution in [-0.2, 0) is 4.74 Å². The molecule has 1 fully saturated rings. The number of carbonyl (C=O) groups excluding carboxylic acids is 1. The van der Waals surface area contributed by atoms with Crippen molar-refractivity contribution in [2.75, 3.05) is 13.1 Å². The van der Waals surface area contributed by atoms with Gasteiger partial charge in [-0.3, -0.25) is 0 Å². The van der Waals surface area contributed by atoms with E-state index in [0.717, 1.165) is 35.5 Å². The minimum absolute atomic E-state index is 0.203. The summed E-state index contributed by atoms with van der Waals surface area (Å²) in [7, 11) is 0. The van der Waals surface area contributed by atoms with Gasteiger partial charge in [-0.25, -0.2) is 9.78 Å². The summed E-state index contributed by atoms with van der Waals surface area (Å²) in [5.41, 5.74) is -0.423. The van der Waals surface area contributed by atoms with E-state index in [2.05, 4.69) is 20.9 Å². The van der Waals surface area contributed by atoms with Crippen molar-refractivity contribution in [1.82, 2.24) is 9.88 Å². The molecular weight excluding hydrogens is 328 g/mol. The largest absolute Gasteiger partial charge is 0.444 e. The Hall–Kier alpha value is -0.620. The van der Waals surface area contributed by atoms with Crippen molar-refractivity contribution < 1.29 is 9.53 Å². The average Bonchev–Trinajstić information content (AvgIpc) is 2.74. The minimum atomic E-state index is -0.423. The topological polar surface area (TPSA) is 42.4 Å². The van der Waals surface area contributed by atoms with E-state index in [1.807, 2.05) is 26.2 Å². The second-order valence-corrected chi connectivity index (χ2v) is 7.45. The van der Waals surface area contributed by atoms with Gasteiger partial charge < -0.3 is 9.64 Å². The van der Waals surface area contributed by atoms with Crippen LogP contribution in [0.25, 0.3) is 0 Å². The van der Waals surface area contributed by atoms with Gasteiger partial charge in [-0.15, -0.1) is 11.3 Å². The van der Waals surface area contributed by atoms with E-state index in [1.54, 1.807) is 16.2 Å². The molecule has 0 unspecified atom stereocenters. The second-order valence-electron chi connectivity index (χ2n) is 5.75. The summed E-state index contributed by atoms with van der Waals surface area (Å²) in [6, 6.07) is 0. The molecule has 1 aliphatic heterocycles. The fourth-order valence-corrected chi connectivity index (χ4v) is 3.53. The first-order valence-corrected chi connectivity index (χ1v) is 8.11. The number of hydrogen-bond donors (Lipinski definition) is 0. The predicted octanol–water partition coefficient (Wildman–Crippen LogP) is 4.02.